The number of hydrazine groups is 1. The van der Waals surface area contributed by atoms with Gasteiger partial charge in [0.2, 0.25) is 5.91 Å². The van der Waals surface area contributed by atoms with Gasteiger partial charge in [0.15, 0.2) is 11.5 Å². The summed E-state index contributed by atoms with van der Waals surface area (Å²) in [7, 11) is -4.18. The van der Waals surface area contributed by atoms with E-state index in [1.54, 1.807) is 42.5 Å². The molecule has 3 aromatic rings. The molecule has 2 amide bonds. The molecule has 0 aliphatic heterocycles. The first-order chi connectivity index (χ1) is 18.9. The number of rotatable bonds is 13. The Morgan fingerprint density at radius 1 is 0.925 bits per heavy atom. The summed E-state index contributed by atoms with van der Waals surface area (Å²) in [5, 5.41) is 10.7. The zero-order valence-electron chi connectivity index (χ0n) is 22.2. The van der Waals surface area contributed by atoms with Crippen LogP contribution in [0.5, 0.6) is 11.5 Å². The summed E-state index contributed by atoms with van der Waals surface area (Å²) < 4.78 is 37.1. The topological polar surface area (TPSA) is 199 Å². The van der Waals surface area contributed by atoms with Crippen LogP contribution in [-0.4, -0.2) is 38.8 Å². The molecular formula is C27H32N6O6S. The predicted molar refractivity (Wildman–Crippen MR) is 151 cm³/mol. The lowest BCUT2D eigenvalue weighted by Crippen LogP contribution is -2.45. The summed E-state index contributed by atoms with van der Waals surface area (Å²) in [6, 6.07) is 15.3. The Kier molecular flexibility index (Phi) is 9.69. The minimum atomic E-state index is -4.18. The number of nitrogens with two attached hydrogens (primary N) is 2. The lowest BCUT2D eigenvalue weighted by atomic mass is 10.0. The van der Waals surface area contributed by atoms with Gasteiger partial charge in [0.1, 0.15) is 11.9 Å². The average molecular weight is 569 g/mol. The first kappa shape index (κ1) is 29.9. The van der Waals surface area contributed by atoms with Crippen LogP contribution < -0.4 is 36.5 Å². The van der Waals surface area contributed by atoms with Crippen molar-refractivity contribution < 1.29 is 27.5 Å². The summed E-state index contributed by atoms with van der Waals surface area (Å²) in [5.74, 6) is -0.637. The Hall–Kier alpha value is -4.62. The van der Waals surface area contributed by atoms with E-state index >= 15 is 0 Å². The summed E-state index contributed by atoms with van der Waals surface area (Å²) in [6.45, 7) is 5.91. The van der Waals surface area contributed by atoms with E-state index in [0.29, 0.717) is 34.9 Å². The molecule has 40 heavy (non-hydrogen) atoms. The molecule has 8 N–H and O–H groups in total. The number of primary amides is 1. The second-order valence-corrected chi connectivity index (χ2v) is 10.5. The zero-order valence-corrected chi connectivity index (χ0v) is 23.0. The van der Waals surface area contributed by atoms with Crippen LogP contribution in [-0.2, 0) is 14.8 Å². The van der Waals surface area contributed by atoms with E-state index in [0.717, 1.165) is 0 Å². The standard InChI is InChI=1S/C27H32N6O6S/c1-4-38-23-15-19(9-14-22(23)39-16(2)3)24(31-20-10-5-17(6-11-20)25(28)29)27(35)32-33-40(36,37)21-12-7-18(8-13-21)26(30)34/h5-16,24,31,33H,4H2,1-3H3,(H3,28,29)(H2,30,34)(H,32,35). The first-order valence-electron chi connectivity index (χ1n) is 12.3. The molecule has 0 radical (unpaired) electrons. The fourth-order valence-corrected chi connectivity index (χ4v) is 4.43. The van der Waals surface area contributed by atoms with Gasteiger partial charge in [0.05, 0.1) is 17.6 Å². The quantitative estimate of drug-likeness (QED) is 0.103. The number of nitrogens with one attached hydrogen (secondary N) is 4. The van der Waals surface area contributed by atoms with Gasteiger partial charge in [-0.1, -0.05) is 6.07 Å². The second-order valence-electron chi connectivity index (χ2n) is 8.86. The van der Waals surface area contributed by atoms with Gasteiger partial charge >= 0.3 is 0 Å². The number of carbonyl (C=O) groups excluding carboxylic acids is 2. The summed E-state index contributed by atoms with van der Waals surface area (Å²) in [5.41, 5.74) is 14.6. The van der Waals surface area contributed by atoms with Crippen molar-refractivity contribution in [3.8, 4) is 11.5 Å². The molecule has 0 heterocycles. The van der Waals surface area contributed by atoms with Gasteiger partial charge in [-0.25, -0.2) is 8.42 Å². The van der Waals surface area contributed by atoms with Crippen LogP contribution in [0.4, 0.5) is 5.69 Å². The van der Waals surface area contributed by atoms with Crippen molar-refractivity contribution in [2.45, 2.75) is 37.8 Å². The van der Waals surface area contributed by atoms with Crippen LogP contribution in [0.3, 0.4) is 0 Å². The molecule has 0 bridgehead atoms. The minimum absolute atomic E-state index is 0.110. The highest BCUT2D eigenvalue weighted by molar-refractivity contribution is 7.89. The van der Waals surface area contributed by atoms with Gasteiger partial charge in [0, 0.05) is 16.8 Å². The number of benzene rings is 3. The van der Waals surface area contributed by atoms with Gasteiger partial charge in [-0.3, -0.25) is 20.4 Å². The maximum Gasteiger partial charge on any atom is 0.262 e. The van der Waals surface area contributed by atoms with Crippen LogP contribution >= 0.6 is 0 Å². The molecule has 13 heteroatoms. The number of anilines is 1. The normalized spacial score (nSPS) is 11.9. The minimum Gasteiger partial charge on any atom is -0.490 e. The average Bonchev–Trinajstić information content (AvgIpc) is 2.91. The molecule has 0 aromatic heterocycles. The molecule has 3 aromatic carbocycles. The first-order valence-corrected chi connectivity index (χ1v) is 13.8. The van der Waals surface area contributed by atoms with E-state index in [-0.39, 0.29) is 22.4 Å². The molecule has 1 unspecified atom stereocenters. The van der Waals surface area contributed by atoms with E-state index in [4.69, 9.17) is 26.4 Å². The molecule has 0 fully saturated rings. The van der Waals surface area contributed by atoms with E-state index < -0.39 is 27.9 Å². The van der Waals surface area contributed by atoms with Crippen LogP contribution in [0.1, 0.15) is 48.3 Å². The van der Waals surface area contributed by atoms with Crippen molar-refractivity contribution >= 4 is 33.4 Å². The Bertz CT molecular complexity index is 1470. The van der Waals surface area contributed by atoms with Crippen molar-refractivity contribution in [2.75, 3.05) is 11.9 Å². The van der Waals surface area contributed by atoms with Crippen LogP contribution in [0, 0.1) is 5.41 Å². The van der Waals surface area contributed by atoms with Crippen molar-refractivity contribution in [2.24, 2.45) is 11.5 Å². The molecule has 0 spiro atoms. The van der Waals surface area contributed by atoms with E-state index in [1.807, 2.05) is 20.8 Å². The van der Waals surface area contributed by atoms with Crippen molar-refractivity contribution in [1.29, 1.82) is 5.41 Å². The number of sulfonamides is 1. The number of hydrogen-bond acceptors (Lipinski definition) is 8. The molecule has 3 rings (SSSR count). The highest BCUT2D eigenvalue weighted by atomic mass is 32.2. The Morgan fingerprint density at radius 3 is 2.10 bits per heavy atom. The van der Waals surface area contributed by atoms with Gasteiger partial charge in [-0.15, -0.1) is 4.83 Å². The van der Waals surface area contributed by atoms with Crippen LogP contribution in [0.15, 0.2) is 71.6 Å². The molecule has 212 valence electrons. The molecule has 12 nitrogen and oxygen atoms in total. The Balaban J connectivity index is 1.91. The van der Waals surface area contributed by atoms with E-state index in [1.165, 1.54) is 24.3 Å². The molecule has 0 saturated heterocycles. The number of nitrogen functional groups attached to an aromatic ring is 1. The second kappa shape index (κ2) is 13.0. The molecular weight excluding hydrogens is 536 g/mol. The van der Waals surface area contributed by atoms with E-state index in [9.17, 15) is 18.0 Å². The number of hydrogen-bond donors (Lipinski definition) is 6. The SMILES string of the molecule is CCOc1cc(C(Nc2ccc(C(=N)N)cc2)C(=O)NNS(=O)(=O)c2ccc(C(N)=O)cc2)ccc1OC(C)C. The summed E-state index contributed by atoms with van der Waals surface area (Å²) >= 11 is 0. The van der Waals surface area contributed by atoms with Gasteiger partial charge < -0.3 is 26.3 Å². The van der Waals surface area contributed by atoms with Gasteiger partial charge in [-0.05, 0) is 87.0 Å². The molecule has 0 aliphatic carbocycles. The maximum absolute atomic E-state index is 13.4. The third-order valence-electron chi connectivity index (χ3n) is 5.49. The number of amidine groups is 1. The fourth-order valence-electron chi connectivity index (χ4n) is 3.58. The van der Waals surface area contributed by atoms with Gasteiger partial charge in [0.25, 0.3) is 15.9 Å². The third-order valence-corrected chi connectivity index (χ3v) is 6.75. The van der Waals surface area contributed by atoms with Crippen molar-refractivity contribution in [1.82, 2.24) is 10.3 Å². The summed E-state index contributed by atoms with van der Waals surface area (Å²) in [6.07, 6.45) is -0.117. The third kappa shape index (κ3) is 7.71. The maximum atomic E-state index is 13.4. The number of carbonyl (C=O) groups is 2. The number of ether oxygens (including phenoxy) is 2. The fraction of sp³-hybridized carbons (Fsp3) is 0.222. The van der Waals surface area contributed by atoms with Crippen molar-refractivity contribution in [3.05, 3.63) is 83.4 Å². The zero-order chi connectivity index (χ0) is 29.4. The summed E-state index contributed by atoms with van der Waals surface area (Å²) in [4.78, 5) is 26.6. The largest absolute Gasteiger partial charge is 0.490 e. The van der Waals surface area contributed by atoms with E-state index in [2.05, 4.69) is 15.6 Å². The Morgan fingerprint density at radius 2 is 1.55 bits per heavy atom. The highest BCUT2D eigenvalue weighted by Crippen LogP contribution is 2.33. The molecule has 1 atom stereocenters. The number of amides is 2. The smallest absolute Gasteiger partial charge is 0.262 e. The Labute approximate surface area is 232 Å². The van der Waals surface area contributed by atoms with Crippen LogP contribution in [0.2, 0.25) is 0 Å². The monoisotopic (exact) mass is 568 g/mol. The highest BCUT2D eigenvalue weighted by Gasteiger charge is 2.25. The van der Waals surface area contributed by atoms with Crippen LogP contribution in [0.25, 0.3) is 0 Å². The molecule has 0 aliphatic rings. The van der Waals surface area contributed by atoms with Crippen molar-refractivity contribution in [3.63, 3.8) is 0 Å². The lowest BCUT2D eigenvalue weighted by molar-refractivity contribution is -0.122. The lowest BCUT2D eigenvalue weighted by Gasteiger charge is -2.22. The predicted octanol–water partition coefficient (Wildman–Crippen LogP) is 2.42. The van der Waals surface area contributed by atoms with Gasteiger partial charge in [-0.2, -0.15) is 0 Å². The molecule has 0 saturated carbocycles.